The summed E-state index contributed by atoms with van der Waals surface area (Å²) in [5, 5.41) is 3.18. The highest BCUT2D eigenvalue weighted by Crippen LogP contribution is 2.39. The fourth-order valence-corrected chi connectivity index (χ4v) is 4.32. The van der Waals surface area contributed by atoms with Crippen LogP contribution in [0.2, 0.25) is 0 Å². The summed E-state index contributed by atoms with van der Waals surface area (Å²) in [5.41, 5.74) is 7.08. The van der Waals surface area contributed by atoms with E-state index >= 15 is 0 Å². The van der Waals surface area contributed by atoms with Gasteiger partial charge in [-0.05, 0) is 48.9 Å². The Labute approximate surface area is 137 Å². The number of carbonyl (C=O) groups is 2. The van der Waals surface area contributed by atoms with Crippen LogP contribution >= 0.6 is 11.3 Å². The quantitative estimate of drug-likeness (QED) is 0.904. The van der Waals surface area contributed by atoms with E-state index in [1.54, 1.807) is 0 Å². The molecule has 0 fully saturated rings. The van der Waals surface area contributed by atoms with Crippen molar-refractivity contribution in [3.63, 3.8) is 0 Å². The van der Waals surface area contributed by atoms with E-state index in [-0.39, 0.29) is 5.56 Å². The van der Waals surface area contributed by atoms with Crippen LogP contribution in [0.25, 0.3) is 0 Å². The lowest BCUT2D eigenvalue weighted by Crippen LogP contribution is -2.19. The number of amides is 2. The first-order valence-electron chi connectivity index (χ1n) is 7.47. The number of rotatable bonds is 3. The van der Waals surface area contributed by atoms with Crippen LogP contribution in [0.15, 0.2) is 24.3 Å². The molecule has 120 valence electrons. The molecule has 1 heterocycles. The molecule has 0 unspecified atom stereocenters. The molecule has 0 radical (unpaired) electrons. The summed E-state index contributed by atoms with van der Waals surface area (Å²) in [5.74, 6) is -0.911. The van der Waals surface area contributed by atoms with Gasteiger partial charge in [0, 0.05) is 10.4 Å². The monoisotopic (exact) mass is 332 g/mol. The van der Waals surface area contributed by atoms with Crippen molar-refractivity contribution in [1.29, 1.82) is 0 Å². The van der Waals surface area contributed by atoms with E-state index in [0.717, 1.165) is 35.8 Å². The largest absolute Gasteiger partial charge is 0.365 e. The van der Waals surface area contributed by atoms with E-state index in [1.807, 2.05) is 0 Å². The number of hydrogen-bond acceptors (Lipinski definition) is 3. The molecular formula is C17H17FN2O2S. The number of nitrogens with two attached hydrogens (primary N) is 1. The van der Waals surface area contributed by atoms with Crippen LogP contribution in [0.5, 0.6) is 0 Å². The average molecular weight is 332 g/mol. The second-order valence-corrected chi connectivity index (χ2v) is 6.99. The van der Waals surface area contributed by atoms with Crippen molar-refractivity contribution < 1.29 is 14.0 Å². The summed E-state index contributed by atoms with van der Waals surface area (Å²) in [4.78, 5) is 25.2. The number of hydrogen-bond donors (Lipinski definition) is 2. The fraction of sp³-hybridized carbons (Fsp3) is 0.294. The van der Waals surface area contributed by atoms with Crippen molar-refractivity contribution >= 4 is 28.2 Å². The Morgan fingerprint density at radius 1 is 1.39 bits per heavy atom. The Kier molecular flexibility index (Phi) is 4.17. The maximum atomic E-state index is 13.3. The molecule has 0 aliphatic heterocycles. The molecule has 1 aliphatic rings. The number of primary amides is 1. The zero-order valence-corrected chi connectivity index (χ0v) is 13.5. The van der Waals surface area contributed by atoms with Crippen LogP contribution in [0.3, 0.4) is 0 Å². The highest BCUT2D eigenvalue weighted by atomic mass is 32.1. The first-order valence-corrected chi connectivity index (χ1v) is 8.28. The summed E-state index contributed by atoms with van der Waals surface area (Å²) in [6, 6.07) is 5.43. The predicted molar refractivity (Wildman–Crippen MR) is 88.4 cm³/mol. The second-order valence-electron chi connectivity index (χ2n) is 5.88. The molecule has 3 rings (SSSR count). The minimum Gasteiger partial charge on any atom is -0.365 e. The molecule has 2 amide bonds. The number of anilines is 1. The number of carbonyl (C=O) groups excluding carboxylic acids is 2. The van der Waals surface area contributed by atoms with E-state index in [4.69, 9.17) is 5.73 Å². The van der Waals surface area contributed by atoms with Gasteiger partial charge in [0.2, 0.25) is 0 Å². The third-order valence-electron chi connectivity index (χ3n) is 4.07. The van der Waals surface area contributed by atoms with Crippen molar-refractivity contribution in [1.82, 2.24) is 0 Å². The molecule has 0 bridgehead atoms. The molecule has 1 aliphatic carbocycles. The zero-order valence-electron chi connectivity index (χ0n) is 12.7. The number of halogens is 1. The lowest BCUT2D eigenvalue weighted by atomic mass is 9.88. The van der Waals surface area contributed by atoms with E-state index in [0.29, 0.717) is 16.5 Å². The molecule has 3 N–H and O–H groups in total. The Balaban J connectivity index is 1.94. The van der Waals surface area contributed by atoms with Crippen LogP contribution in [0.4, 0.5) is 9.39 Å². The van der Waals surface area contributed by atoms with Gasteiger partial charge in [-0.1, -0.05) is 13.0 Å². The Morgan fingerprint density at radius 3 is 2.87 bits per heavy atom. The van der Waals surface area contributed by atoms with Crippen LogP contribution in [-0.4, -0.2) is 11.8 Å². The van der Waals surface area contributed by atoms with Crippen molar-refractivity contribution in [2.75, 3.05) is 5.32 Å². The van der Waals surface area contributed by atoms with Gasteiger partial charge < -0.3 is 11.1 Å². The van der Waals surface area contributed by atoms with Gasteiger partial charge in [-0.3, -0.25) is 9.59 Å². The lowest BCUT2D eigenvalue weighted by molar-refractivity contribution is 0.1000. The van der Waals surface area contributed by atoms with Crippen molar-refractivity contribution in [3.05, 3.63) is 51.7 Å². The van der Waals surface area contributed by atoms with Crippen LogP contribution in [-0.2, 0) is 12.8 Å². The van der Waals surface area contributed by atoms with E-state index in [2.05, 4.69) is 12.2 Å². The van der Waals surface area contributed by atoms with E-state index < -0.39 is 17.6 Å². The molecule has 0 saturated carbocycles. The molecule has 2 aromatic rings. The fourth-order valence-electron chi connectivity index (χ4n) is 2.90. The van der Waals surface area contributed by atoms with Crippen molar-refractivity contribution in [2.24, 2.45) is 11.7 Å². The number of nitrogens with one attached hydrogen (secondary N) is 1. The van der Waals surface area contributed by atoms with Gasteiger partial charge in [0.25, 0.3) is 11.8 Å². The molecular weight excluding hydrogens is 315 g/mol. The van der Waals surface area contributed by atoms with E-state index in [1.165, 1.54) is 29.5 Å². The topological polar surface area (TPSA) is 72.2 Å². The minimum atomic E-state index is -0.536. The summed E-state index contributed by atoms with van der Waals surface area (Å²) in [6.45, 7) is 2.16. The third kappa shape index (κ3) is 3.12. The lowest BCUT2D eigenvalue weighted by Gasteiger charge is -2.18. The van der Waals surface area contributed by atoms with Gasteiger partial charge in [-0.2, -0.15) is 0 Å². The van der Waals surface area contributed by atoms with Gasteiger partial charge >= 0.3 is 0 Å². The smallest absolute Gasteiger partial charge is 0.256 e. The predicted octanol–water partition coefficient (Wildman–Crippen LogP) is 3.36. The van der Waals surface area contributed by atoms with E-state index in [9.17, 15) is 14.0 Å². The highest BCUT2D eigenvalue weighted by molar-refractivity contribution is 7.17. The first kappa shape index (κ1) is 15.7. The van der Waals surface area contributed by atoms with Crippen LogP contribution in [0, 0.1) is 11.7 Å². The molecule has 0 saturated heterocycles. The summed E-state index contributed by atoms with van der Waals surface area (Å²) >= 11 is 1.39. The maximum absolute atomic E-state index is 13.3. The standard InChI is InChI=1S/C17H17FN2O2S/c1-9-5-6-12-13(7-9)23-17(14(12)15(19)21)20-16(22)10-3-2-4-11(18)8-10/h2-4,8-9H,5-7H2,1H3,(H2,19,21)(H,20,22)/t9-/m0/s1. The molecule has 6 heteroatoms. The molecule has 1 atom stereocenters. The molecule has 23 heavy (non-hydrogen) atoms. The molecule has 0 spiro atoms. The van der Waals surface area contributed by atoms with Gasteiger partial charge in [0.1, 0.15) is 10.8 Å². The maximum Gasteiger partial charge on any atom is 0.256 e. The number of benzene rings is 1. The third-order valence-corrected chi connectivity index (χ3v) is 5.24. The molecule has 1 aromatic carbocycles. The molecule has 4 nitrogen and oxygen atoms in total. The van der Waals surface area contributed by atoms with Crippen molar-refractivity contribution in [3.8, 4) is 0 Å². The normalized spacial score (nSPS) is 16.7. The Hall–Kier alpha value is -2.21. The van der Waals surface area contributed by atoms with Crippen LogP contribution < -0.4 is 11.1 Å². The second kappa shape index (κ2) is 6.12. The Bertz CT molecular complexity index is 785. The number of fused-ring (bicyclic) bond motifs is 1. The minimum absolute atomic E-state index is 0.208. The SMILES string of the molecule is C[C@H]1CCc2c(sc(NC(=O)c3cccc(F)c3)c2C(N)=O)C1. The highest BCUT2D eigenvalue weighted by Gasteiger charge is 2.27. The van der Waals surface area contributed by atoms with Crippen molar-refractivity contribution in [2.45, 2.75) is 26.2 Å². The van der Waals surface area contributed by atoms with Gasteiger partial charge in [-0.15, -0.1) is 11.3 Å². The molecule has 1 aromatic heterocycles. The number of thiophene rings is 1. The van der Waals surface area contributed by atoms with Gasteiger partial charge in [-0.25, -0.2) is 4.39 Å². The van der Waals surface area contributed by atoms with Crippen LogP contribution in [0.1, 0.15) is 44.5 Å². The van der Waals surface area contributed by atoms with Gasteiger partial charge in [0.15, 0.2) is 0 Å². The summed E-state index contributed by atoms with van der Waals surface area (Å²) < 4.78 is 13.3. The first-order chi connectivity index (χ1) is 11.0. The Morgan fingerprint density at radius 2 is 2.17 bits per heavy atom. The summed E-state index contributed by atoms with van der Waals surface area (Å²) in [7, 11) is 0. The van der Waals surface area contributed by atoms with Gasteiger partial charge in [0.05, 0.1) is 5.56 Å². The summed E-state index contributed by atoms with van der Waals surface area (Å²) in [6.07, 6.45) is 2.68. The zero-order chi connectivity index (χ0) is 16.6. The average Bonchev–Trinajstić information content (AvgIpc) is 2.84.